The second-order valence-corrected chi connectivity index (χ2v) is 7.21. The average molecular weight is 331 g/mol. The Balaban J connectivity index is 0.000000196. The highest BCUT2D eigenvalue weighted by Gasteiger charge is 2.00. The third kappa shape index (κ3) is 5.90. The van der Waals surface area contributed by atoms with Crippen LogP contribution in [0.5, 0.6) is 0 Å². The maximum absolute atomic E-state index is 2.22. The Hall–Kier alpha value is -2.34. The first-order valence-electron chi connectivity index (χ1n) is 9.19. The van der Waals surface area contributed by atoms with E-state index >= 15 is 0 Å². The largest absolute Gasteiger partial charge is 0.0622 e. The van der Waals surface area contributed by atoms with Gasteiger partial charge in [-0.1, -0.05) is 112 Å². The SMILES string of the molecule is CC(C)c1ccc(-c2ccccc2)cc1.Cc1ccc(C(C)C)cc1. The molecule has 0 heterocycles. The summed E-state index contributed by atoms with van der Waals surface area (Å²) in [5.41, 5.74) is 6.73. The third-order valence-electron chi connectivity index (χ3n) is 4.43. The Labute approximate surface area is 153 Å². The van der Waals surface area contributed by atoms with Crippen LogP contribution in [0.3, 0.4) is 0 Å². The summed E-state index contributed by atoms with van der Waals surface area (Å²) in [4.78, 5) is 0. The number of aryl methyl sites for hydroxylation is 1. The first-order valence-corrected chi connectivity index (χ1v) is 9.19. The standard InChI is InChI=1S/C15H16.C10H14/c1-12(2)13-8-10-15(11-9-13)14-6-4-3-5-7-14;1-8(2)10-6-4-9(3)5-7-10/h3-12H,1-2H3;4-8H,1-3H3. The Bertz CT molecular complexity index is 732. The van der Waals surface area contributed by atoms with E-state index in [4.69, 9.17) is 0 Å². The Morgan fingerprint density at radius 3 is 1.32 bits per heavy atom. The van der Waals surface area contributed by atoms with Gasteiger partial charge in [0.15, 0.2) is 0 Å². The van der Waals surface area contributed by atoms with Gasteiger partial charge in [-0.3, -0.25) is 0 Å². The third-order valence-corrected chi connectivity index (χ3v) is 4.43. The molecule has 0 N–H and O–H groups in total. The van der Waals surface area contributed by atoms with Crippen molar-refractivity contribution in [3.8, 4) is 11.1 Å². The van der Waals surface area contributed by atoms with Crippen LogP contribution in [0.15, 0.2) is 78.9 Å². The van der Waals surface area contributed by atoms with Crippen LogP contribution in [0.2, 0.25) is 0 Å². The molecule has 3 rings (SSSR count). The predicted molar refractivity (Wildman–Crippen MR) is 111 cm³/mol. The summed E-state index contributed by atoms with van der Waals surface area (Å²) in [5, 5.41) is 0. The molecule has 0 fully saturated rings. The second kappa shape index (κ2) is 9.22. The molecule has 0 aliphatic rings. The van der Waals surface area contributed by atoms with E-state index < -0.39 is 0 Å². The van der Waals surface area contributed by atoms with Gasteiger partial charge >= 0.3 is 0 Å². The van der Waals surface area contributed by atoms with Crippen LogP contribution in [0.1, 0.15) is 56.2 Å². The van der Waals surface area contributed by atoms with Crippen LogP contribution in [0, 0.1) is 6.92 Å². The van der Waals surface area contributed by atoms with Crippen LogP contribution >= 0.6 is 0 Å². The zero-order chi connectivity index (χ0) is 18.2. The lowest BCUT2D eigenvalue weighted by Gasteiger charge is -2.06. The van der Waals surface area contributed by atoms with Crippen molar-refractivity contribution >= 4 is 0 Å². The monoisotopic (exact) mass is 330 g/mol. The molecule has 0 nitrogen and oxygen atoms in total. The number of rotatable bonds is 3. The number of hydrogen-bond donors (Lipinski definition) is 0. The minimum absolute atomic E-state index is 0.606. The molecule has 0 aliphatic heterocycles. The minimum atomic E-state index is 0.606. The quantitative estimate of drug-likeness (QED) is 0.464. The lowest BCUT2D eigenvalue weighted by atomic mass is 9.99. The van der Waals surface area contributed by atoms with E-state index in [1.807, 2.05) is 6.07 Å². The molecule has 0 bridgehead atoms. The fourth-order valence-electron chi connectivity index (χ4n) is 2.64. The van der Waals surface area contributed by atoms with Crippen molar-refractivity contribution in [2.45, 2.75) is 46.5 Å². The average Bonchev–Trinajstić information content (AvgIpc) is 2.63. The molecule has 0 spiro atoms. The highest BCUT2D eigenvalue weighted by atomic mass is 14.0. The molecule has 0 atom stereocenters. The molecule has 130 valence electrons. The van der Waals surface area contributed by atoms with Crippen molar-refractivity contribution < 1.29 is 0 Å². The van der Waals surface area contributed by atoms with Gasteiger partial charge in [0.2, 0.25) is 0 Å². The smallest absolute Gasteiger partial charge is 0.0184 e. The van der Waals surface area contributed by atoms with E-state index in [0.29, 0.717) is 11.8 Å². The molecule has 0 aromatic heterocycles. The van der Waals surface area contributed by atoms with Gasteiger partial charge in [0.1, 0.15) is 0 Å². The molecule has 0 aliphatic carbocycles. The molecule has 0 amide bonds. The molecule has 25 heavy (non-hydrogen) atoms. The van der Waals surface area contributed by atoms with Crippen molar-refractivity contribution in [2.75, 3.05) is 0 Å². The number of hydrogen-bond acceptors (Lipinski definition) is 0. The van der Waals surface area contributed by atoms with E-state index in [1.165, 1.54) is 27.8 Å². The lowest BCUT2D eigenvalue weighted by Crippen LogP contribution is -1.86. The highest BCUT2D eigenvalue weighted by Crippen LogP contribution is 2.22. The van der Waals surface area contributed by atoms with Crippen molar-refractivity contribution in [1.29, 1.82) is 0 Å². The molecule has 0 radical (unpaired) electrons. The van der Waals surface area contributed by atoms with Gasteiger partial charge in [0.25, 0.3) is 0 Å². The summed E-state index contributed by atoms with van der Waals surface area (Å²) >= 11 is 0. The summed E-state index contributed by atoms with van der Waals surface area (Å²) < 4.78 is 0. The summed E-state index contributed by atoms with van der Waals surface area (Å²) in [6, 6.07) is 28.0. The fraction of sp³-hybridized carbons (Fsp3) is 0.280. The summed E-state index contributed by atoms with van der Waals surface area (Å²) in [5.74, 6) is 1.26. The van der Waals surface area contributed by atoms with Crippen LogP contribution in [0.25, 0.3) is 11.1 Å². The van der Waals surface area contributed by atoms with Crippen molar-refractivity contribution in [2.24, 2.45) is 0 Å². The van der Waals surface area contributed by atoms with Gasteiger partial charge < -0.3 is 0 Å². The van der Waals surface area contributed by atoms with E-state index in [1.54, 1.807) is 0 Å². The van der Waals surface area contributed by atoms with E-state index in [9.17, 15) is 0 Å². The molecular weight excluding hydrogens is 300 g/mol. The second-order valence-electron chi connectivity index (χ2n) is 7.21. The zero-order valence-corrected chi connectivity index (χ0v) is 16.2. The van der Waals surface area contributed by atoms with E-state index in [0.717, 1.165) is 0 Å². The maximum atomic E-state index is 2.22. The molecular formula is C25H30. The van der Waals surface area contributed by atoms with Gasteiger partial charge in [0, 0.05) is 0 Å². The summed E-state index contributed by atoms with van der Waals surface area (Å²) in [6.45, 7) is 11.0. The van der Waals surface area contributed by atoms with Crippen LogP contribution < -0.4 is 0 Å². The topological polar surface area (TPSA) is 0 Å². The first-order chi connectivity index (χ1) is 12.0. The predicted octanol–water partition coefficient (Wildman–Crippen LogP) is 7.60. The van der Waals surface area contributed by atoms with Crippen molar-refractivity contribution in [3.05, 3.63) is 95.6 Å². The first kappa shape index (κ1) is 19.0. The summed E-state index contributed by atoms with van der Waals surface area (Å²) in [6.07, 6.45) is 0. The zero-order valence-electron chi connectivity index (χ0n) is 16.2. The van der Waals surface area contributed by atoms with Crippen LogP contribution in [0.4, 0.5) is 0 Å². The minimum Gasteiger partial charge on any atom is -0.0622 e. The molecule has 0 heteroatoms. The van der Waals surface area contributed by atoms with E-state index in [-0.39, 0.29) is 0 Å². The molecule has 3 aromatic carbocycles. The van der Waals surface area contributed by atoms with Gasteiger partial charge in [-0.25, -0.2) is 0 Å². The van der Waals surface area contributed by atoms with Crippen LogP contribution in [-0.2, 0) is 0 Å². The normalized spacial score (nSPS) is 10.5. The van der Waals surface area contributed by atoms with Crippen LogP contribution in [-0.4, -0.2) is 0 Å². The fourth-order valence-corrected chi connectivity index (χ4v) is 2.64. The maximum Gasteiger partial charge on any atom is -0.0184 e. The van der Waals surface area contributed by atoms with E-state index in [2.05, 4.69) is 107 Å². The lowest BCUT2D eigenvalue weighted by molar-refractivity contribution is 0.866. The molecule has 0 unspecified atom stereocenters. The molecule has 3 aromatic rings. The van der Waals surface area contributed by atoms with Gasteiger partial charge in [0.05, 0.1) is 0 Å². The molecule has 0 saturated heterocycles. The van der Waals surface area contributed by atoms with Crippen molar-refractivity contribution in [3.63, 3.8) is 0 Å². The Kier molecular flexibility index (Phi) is 7.01. The Morgan fingerprint density at radius 2 is 0.880 bits per heavy atom. The van der Waals surface area contributed by atoms with Gasteiger partial charge in [-0.2, -0.15) is 0 Å². The Morgan fingerprint density at radius 1 is 0.480 bits per heavy atom. The van der Waals surface area contributed by atoms with Gasteiger partial charge in [-0.05, 0) is 41.0 Å². The van der Waals surface area contributed by atoms with Gasteiger partial charge in [-0.15, -0.1) is 0 Å². The summed E-state index contributed by atoms with van der Waals surface area (Å²) in [7, 11) is 0. The highest BCUT2D eigenvalue weighted by molar-refractivity contribution is 5.63. The number of benzene rings is 3. The molecule has 0 saturated carbocycles. The van der Waals surface area contributed by atoms with Crippen molar-refractivity contribution in [1.82, 2.24) is 0 Å².